The van der Waals surface area contributed by atoms with Crippen LogP contribution in [0.25, 0.3) is 0 Å². The number of rotatable bonds is 8. The average molecular weight is 282 g/mol. The van der Waals surface area contributed by atoms with Gasteiger partial charge in [0.1, 0.15) is 5.54 Å². The van der Waals surface area contributed by atoms with Crippen LogP contribution in [-0.4, -0.2) is 37.0 Å². The van der Waals surface area contributed by atoms with Crippen LogP contribution in [-0.2, 0) is 9.47 Å². The Morgan fingerprint density at radius 2 is 1.95 bits per heavy atom. The zero-order chi connectivity index (χ0) is 15.0. The van der Waals surface area contributed by atoms with Gasteiger partial charge < -0.3 is 9.47 Å². The maximum Gasteiger partial charge on any atom is 0.106 e. The molecule has 4 heteroatoms. The maximum atomic E-state index is 9.36. The van der Waals surface area contributed by atoms with Crippen LogP contribution in [0.2, 0.25) is 0 Å². The summed E-state index contributed by atoms with van der Waals surface area (Å²) in [5, 5.41) is 12.7. The number of hydrogen-bond donors (Lipinski definition) is 1. The van der Waals surface area contributed by atoms with Crippen molar-refractivity contribution in [2.75, 3.05) is 13.2 Å². The Balaban J connectivity index is 2.28. The Morgan fingerprint density at radius 3 is 2.45 bits per heavy atom. The van der Waals surface area contributed by atoms with Gasteiger partial charge in [0.15, 0.2) is 0 Å². The molecule has 1 heterocycles. The molecule has 20 heavy (non-hydrogen) atoms. The first-order chi connectivity index (χ1) is 9.55. The highest BCUT2D eigenvalue weighted by Crippen LogP contribution is 2.22. The van der Waals surface area contributed by atoms with Gasteiger partial charge in [0.2, 0.25) is 0 Å². The standard InChI is InChI=1S/C16H30N2O2/c1-5-16(12-17,18-6-2)8-7-9-19-15-10-13(3)20-14(4)11-15/h13-15,18H,5-11H2,1-4H3. The molecular weight excluding hydrogens is 252 g/mol. The largest absolute Gasteiger partial charge is 0.378 e. The maximum absolute atomic E-state index is 9.36. The van der Waals surface area contributed by atoms with E-state index in [9.17, 15) is 5.26 Å². The van der Waals surface area contributed by atoms with E-state index in [4.69, 9.17) is 9.47 Å². The van der Waals surface area contributed by atoms with Gasteiger partial charge in [-0.3, -0.25) is 5.32 Å². The predicted molar refractivity (Wildman–Crippen MR) is 80.5 cm³/mol. The molecule has 1 rings (SSSR count). The molecule has 3 atom stereocenters. The van der Waals surface area contributed by atoms with Crippen molar-refractivity contribution in [3.8, 4) is 6.07 Å². The second-order valence-corrected chi connectivity index (χ2v) is 5.90. The number of ether oxygens (including phenoxy) is 2. The Labute approximate surface area is 123 Å². The summed E-state index contributed by atoms with van der Waals surface area (Å²) in [6, 6.07) is 2.43. The number of nitrogens with zero attached hydrogens (tertiary/aromatic N) is 1. The van der Waals surface area contributed by atoms with Crippen molar-refractivity contribution in [2.24, 2.45) is 0 Å². The highest BCUT2D eigenvalue weighted by molar-refractivity contribution is 5.05. The summed E-state index contributed by atoms with van der Waals surface area (Å²) in [5.41, 5.74) is -0.381. The zero-order valence-corrected chi connectivity index (χ0v) is 13.4. The van der Waals surface area contributed by atoms with Crippen molar-refractivity contribution < 1.29 is 9.47 Å². The molecule has 1 N–H and O–H groups in total. The molecule has 1 aliphatic rings. The minimum atomic E-state index is -0.381. The molecule has 1 fully saturated rings. The average Bonchev–Trinajstić information content (AvgIpc) is 2.41. The quantitative estimate of drug-likeness (QED) is 0.695. The smallest absolute Gasteiger partial charge is 0.106 e. The summed E-state index contributed by atoms with van der Waals surface area (Å²) in [4.78, 5) is 0. The molecule has 4 nitrogen and oxygen atoms in total. The van der Waals surface area contributed by atoms with Crippen molar-refractivity contribution in [1.29, 1.82) is 5.26 Å². The lowest BCUT2D eigenvalue weighted by atomic mass is 9.92. The monoisotopic (exact) mass is 282 g/mol. The van der Waals surface area contributed by atoms with Gasteiger partial charge in [0.05, 0.1) is 24.4 Å². The van der Waals surface area contributed by atoms with Crippen LogP contribution in [0.4, 0.5) is 0 Å². The first kappa shape index (κ1) is 17.4. The molecular formula is C16H30N2O2. The predicted octanol–water partition coefficient (Wildman–Crippen LogP) is 3.02. The highest BCUT2D eigenvalue weighted by Gasteiger charge is 2.27. The lowest BCUT2D eigenvalue weighted by molar-refractivity contribution is -0.102. The van der Waals surface area contributed by atoms with Crippen molar-refractivity contribution in [2.45, 2.75) is 83.6 Å². The zero-order valence-electron chi connectivity index (χ0n) is 13.4. The van der Waals surface area contributed by atoms with Gasteiger partial charge >= 0.3 is 0 Å². The molecule has 0 aliphatic carbocycles. The first-order valence-corrected chi connectivity index (χ1v) is 7.98. The third kappa shape index (κ3) is 5.40. The molecule has 0 spiro atoms. The van der Waals surface area contributed by atoms with Crippen LogP contribution in [0.3, 0.4) is 0 Å². The molecule has 0 aromatic carbocycles. The lowest BCUT2D eigenvalue weighted by Crippen LogP contribution is -2.43. The summed E-state index contributed by atoms with van der Waals surface area (Å²) < 4.78 is 11.7. The molecule has 0 saturated carbocycles. The number of hydrogen-bond acceptors (Lipinski definition) is 4. The van der Waals surface area contributed by atoms with Crippen molar-refractivity contribution in [1.82, 2.24) is 5.32 Å². The fraction of sp³-hybridized carbons (Fsp3) is 0.938. The van der Waals surface area contributed by atoms with Crippen molar-refractivity contribution in [3.63, 3.8) is 0 Å². The molecule has 116 valence electrons. The Kier molecular flexibility index (Phi) is 7.50. The van der Waals surface area contributed by atoms with Crippen LogP contribution in [0, 0.1) is 11.3 Å². The highest BCUT2D eigenvalue weighted by atomic mass is 16.5. The Hall–Kier alpha value is -0.630. The molecule has 1 saturated heterocycles. The van der Waals surface area contributed by atoms with E-state index in [2.05, 4.69) is 32.2 Å². The van der Waals surface area contributed by atoms with E-state index >= 15 is 0 Å². The third-order valence-corrected chi connectivity index (χ3v) is 4.09. The summed E-state index contributed by atoms with van der Waals surface area (Å²) in [6.07, 6.45) is 5.47. The van der Waals surface area contributed by atoms with E-state index in [0.717, 1.165) is 45.3 Å². The Bertz CT molecular complexity index is 306. The van der Waals surface area contributed by atoms with Crippen LogP contribution >= 0.6 is 0 Å². The third-order valence-electron chi connectivity index (χ3n) is 4.09. The minimum absolute atomic E-state index is 0.291. The molecule has 1 aliphatic heterocycles. The second-order valence-electron chi connectivity index (χ2n) is 5.90. The van der Waals surface area contributed by atoms with E-state index < -0.39 is 0 Å². The van der Waals surface area contributed by atoms with E-state index in [1.165, 1.54) is 0 Å². The fourth-order valence-corrected chi connectivity index (χ4v) is 3.01. The molecule has 0 aromatic rings. The van der Waals surface area contributed by atoms with E-state index in [1.807, 2.05) is 6.92 Å². The summed E-state index contributed by atoms with van der Waals surface area (Å²) in [7, 11) is 0. The molecule has 0 amide bonds. The van der Waals surface area contributed by atoms with E-state index in [-0.39, 0.29) is 5.54 Å². The summed E-state index contributed by atoms with van der Waals surface area (Å²) in [6.45, 7) is 9.89. The van der Waals surface area contributed by atoms with Gasteiger partial charge in [0, 0.05) is 6.61 Å². The van der Waals surface area contributed by atoms with Crippen LogP contribution in [0.1, 0.15) is 59.8 Å². The molecule has 0 bridgehead atoms. The number of nitriles is 1. The minimum Gasteiger partial charge on any atom is -0.378 e. The summed E-state index contributed by atoms with van der Waals surface area (Å²) in [5.74, 6) is 0. The second kappa shape index (κ2) is 8.61. The van der Waals surface area contributed by atoms with E-state index in [0.29, 0.717) is 18.3 Å². The van der Waals surface area contributed by atoms with Gasteiger partial charge in [-0.05, 0) is 52.5 Å². The summed E-state index contributed by atoms with van der Waals surface area (Å²) >= 11 is 0. The molecule has 3 unspecified atom stereocenters. The van der Waals surface area contributed by atoms with Crippen LogP contribution in [0.15, 0.2) is 0 Å². The van der Waals surface area contributed by atoms with Crippen molar-refractivity contribution in [3.05, 3.63) is 0 Å². The molecule has 0 aromatic heterocycles. The van der Waals surface area contributed by atoms with Crippen molar-refractivity contribution >= 4 is 0 Å². The normalized spacial score (nSPS) is 29.6. The van der Waals surface area contributed by atoms with Gasteiger partial charge in [-0.15, -0.1) is 0 Å². The van der Waals surface area contributed by atoms with Gasteiger partial charge in [-0.1, -0.05) is 13.8 Å². The van der Waals surface area contributed by atoms with Gasteiger partial charge in [-0.25, -0.2) is 0 Å². The van der Waals surface area contributed by atoms with Gasteiger partial charge in [-0.2, -0.15) is 5.26 Å². The fourth-order valence-electron chi connectivity index (χ4n) is 3.01. The molecule has 0 radical (unpaired) electrons. The lowest BCUT2D eigenvalue weighted by Gasteiger charge is -2.32. The van der Waals surface area contributed by atoms with Crippen LogP contribution in [0.5, 0.6) is 0 Å². The topological polar surface area (TPSA) is 54.3 Å². The Morgan fingerprint density at radius 1 is 1.30 bits per heavy atom. The number of nitrogens with one attached hydrogen (secondary N) is 1. The van der Waals surface area contributed by atoms with Crippen LogP contribution < -0.4 is 5.32 Å². The SMILES string of the molecule is CCNC(C#N)(CC)CCCOC1CC(C)OC(C)C1. The van der Waals surface area contributed by atoms with Gasteiger partial charge in [0.25, 0.3) is 0 Å². The first-order valence-electron chi connectivity index (χ1n) is 7.98. The van der Waals surface area contributed by atoms with E-state index in [1.54, 1.807) is 0 Å².